The Morgan fingerprint density at radius 2 is 2.22 bits per heavy atom. The molecule has 0 radical (unpaired) electrons. The van der Waals surface area contributed by atoms with Crippen molar-refractivity contribution in [1.29, 1.82) is 0 Å². The van der Waals surface area contributed by atoms with Crippen molar-refractivity contribution < 1.29 is 9.53 Å². The van der Waals surface area contributed by atoms with Crippen molar-refractivity contribution in [3.63, 3.8) is 0 Å². The third-order valence-corrected chi connectivity index (χ3v) is 2.47. The van der Waals surface area contributed by atoms with Crippen molar-refractivity contribution in [2.24, 2.45) is 5.84 Å². The summed E-state index contributed by atoms with van der Waals surface area (Å²) in [4.78, 5) is 15.5. The molecule has 0 aliphatic heterocycles. The summed E-state index contributed by atoms with van der Waals surface area (Å²) in [6.07, 6.45) is 0. The predicted octanol–water partition coefficient (Wildman–Crippen LogP) is 0.645. The van der Waals surface area contributed by atoms with E-state index in [-0.39, 0.29) is 12.5 Å². The summed E-state index contributed by atoms with van der Waals surface area (Å²) in [6.45, 7) is -0.0441. The minimum atomic E-state index is -0.194. The molecule has 0 fully saturated rings. The maximum Gasteiger partial charge on any atom is 0.257 e. The van der Waals surface area contributed by atoms with Crippen LogP contribution >= 0.6 is 0 Å². The number of rotatable bonds is 4. The van der Waals surface area contributed by atoms with Crippen LogP contribution in [0.2, 0.25) is 0 Å². The van der Waals surface area contributed by atoms with E-state index in [0.29, 0.717) is 17.1 Å². The molecule has 18 heavy (non-hydrogen) atoms. The fraction of sp³-hybridized carbons (Fsp3) is 0.167. The van der Waals surface area contributed by atoms with Gasteiger partial charge in [0, 0.05) is 12.4 Å². The molecule has 6 heteroatoms. The number of nitrogen functional groups attached to an aromatic ring is 1. The average Bonchev–Trinajstić information content (AvgIpc) is 2.43. The Bertz CT molecular complexity index is 571. The number of benzene rings is 1. The normalized spacial score (nSPS) is 10.1. The van der Waals surface area contributed by atoms with Crippen molar-refractivity contribution >= 4 is 22.6 Å². The molecule has 2 aromatic rings. The number of hydrogen-bond acceptors (Lipinski definition) is 5. The highest BCUT2D eigenvalue weighted by Gasteiger charge is 2.06. The molecule has 0 unspecified atom stereocenters. The summed E-state index contributed by atoms with van der Waals surface area (Å²) < 4.78 is 5.43. The van der Waals surface area contributed by atoms with Gasteiger partial charge in [0.2, 0.25) is 0 Å². The van der Waals surface area contributed by atoms with E-state index in [1.54, 1.807) is 19.2 Å². The number of pyridine rings is 1. The number of ether oxygens (including phenoxy) is 1. The highest BCUT2D eigenvalue weighted by Crippen LogP contribution is 2.24. The number of likely N-dealkylation sites (N-methyl/N-ethyl adjacent to an activating group) is 1. The fourth-order valence-electron chi connectivity index (χ4n) is 1.53. The van der Waals surface area contributed by atoms with E-state index in [0.717, 1.165) is 5.39 Å². The summed E-state index contributed by atoms with van der Waals surface area (Å²) in [5, 5.41) is 3.41. The first kappa shape index (κ1) is 12.1. The summed E-state index contributed by atoms with van der Waals surface area (Å²) in [6, 6.07) is 9.17. The summed E-state index contributed by atoms with van der Waals surface area (Å²) >= 11 is 0. The maximum atomic E-state index is 11.2. The zero-order valence-electron chi connectivity index (χ0n) is 9.93. The lowest BCUT2D eigenvalue weighted by atomic mass is 10.2. The van der Waals surface area contributed by atoms with Crippen LogP contribution in [0.15, 0.2) is 30.3 Å². The van der Waals surface area contributed by atoms with Gasteiger partial charge in [-0.2, -0.15) is 0 Å². The lowest BCUT2D eigenvalue weighted by molar-refractivity contribution is -0.122. The second kappa shape index (κ2) is 5.33. The Labute approximate surface area is 104 Å². The number of fused-ring (bicyclic) bond motifs is 1. The number of anilines is 1. The van der Waals surface area contributed by atoms with E-state index in [1.165, 1.54) is 0 Å². The van der Waals surface area contributed by atoms with Gasteiger partial charge in [-0.05, 0) is 18.2 Å². The molecule has 1 amide bonds. The molecule has 0 bridgehead atoms. The van der Waals surface area contributed by atoms with E-state index < -0.39 is 0 Å². The van der Waals surface area contributed by atoms with Gasteiger partial charge in [-0.25, -0.2) is 10.8 Å². The number of hydrazine groups is 1. The molecule has 94 valence electrons. The monoisotopic (exact) mass is 246 g/mol. The molecule has 6 nitrogen and oxygen atoms in total. The highest BCUT2D eigenvalue weighted by molar-refractivity contribution is 5.86. The van der Waals surface area contributed by atoms with Crippen LogP contribution in [0.4, 0.5) is 5.82 Å². The van der Waals surface area contributed by atoms with Crippen molar-refractivity contribution in [2.75, 3.05) is 19.1 Å². The molecule has 0 aliphatic carbocycles. The quantitative estimate of drug-likeness (QED) is 0.544. The number of carbonyl (C=O) groups excluding carboxylic acids is 1. The third kappa shape index (κ3) is 2.49. The molecule has 1 aromatic carbocycles. The Kier molecular flexibility index (Phi) is 3.59. The number of nitrogens with two attached hydrogens (primary N) is 1. The Balaban J connectivity index is 2.34. The van der Waals surface area contributed by atoms with Crippen LogP contribution in [-0.4, -0.2) is 24.5 Å². The average molecular weight is 246 g/mol. The number of nitrogens with zero attached hydrogens (tertiary/aromatic N) is 1. The first-order valence-corrected chi connectivity index (χ1v) is 5.44. The van der Waals surface area contributed by atoms with Gasteiger partial charge in [-0.3, -0.25) is 4.79 Å². The molecule has 2 rings (SSSR count). The zero-order valence-corrected chi connectivity index (χ0v) is 9.93. The zero-order chi connectivity index (χ0) is 13.0. The number of hydrogen-bond donors (Lipinski definition) is 3. The molecule has 0 saturated heterocycles. The highest BCUT2D eigenvalue weighted by atomic mass is 16.5. The molecule has 4 N–H and O–H groups in total. The Hall–Kier alpha value is -2.34. The van der Waals surface area contributed by atoms with E-state index in [9.17, 15) is 4.79 Å². The Morgan fingerprint density at radius 1 is 1.39 bits per heavy atom. The maximum absolute atomic E-state index is 11.2. The van der Waals surface area contributed by atoms with Gasteiger partial charge < -0.3 is 15.5 Å². The SMILES string of the molecule is CNC(=O)COc1cccc2ccc(NN)nc12. The van der Waals surface area contributed by atoms with Crippen molar-refractivity contribution in [3.8, 4) is 5.75 Å². The molecule has 0 aliphatic rings. The molecule has 1 heterocycles. The van der Waals surface area contributed by atoms with Crippen LogP contribution in [0.1, 0.15) is 0 Å². The van der Waals surface area contributed by atoms with E-state index >= 15 is 0 Å². The van der Waals surface area contributed by atoms with Crippen molar-refractivity contribution in [3.05, 3.63) is 30.3 Å². The minimum Gasteiger partial charge on any atom is -0.481 e. The van der Waals surface area contributed by atoms with E-state index in [4.69, 9.17) is 10.6 Å². The van der Waals surface area contributed by atoms with E-state index in [1.807, 2.05) is 18.2 Å². The second-order valence-electron chi connectivity index (χ2n) is 3.63. The molecular weight excluding hydrogens is 232 g/mol. The van der Waals surface area contributed by atoms with Crippen LogP contribution in [0.25, 0.3) is 10.9 Å². The van der Waals surface area contributed by atoms with Crippen LogP contribution in [-0.2, 0) is 4.79 Å². The molecule has 0 atom stereocenters. The van der Waals surface area contributed by atoms with Crippen LogP contribution in [0.3, 0.4) is 0 Å². The molecule has 0 spiro atoms. The Morgan fingerprint density at radius 3 is 2.94 bits per heavy atom. The summed E-state index contributed by atoms with van der Waals surface area (Å²) in [7, 11) is 1.56. The minimum absolute atomic E-state index is 0.0441. The standard InChI is InChI=1S/C12H14N4O2/c1-14-11(17)7-18-9-4-2-3-8-5-6-10(16-13)15-12(8)9/h2-6H,7,13H2,1H3,(H,14,17)(H,15,16). The molecular formula is C12H14N4O2. The fourth-order valence-corrected chi connectivity index (χ4v) is 1.53. The predicted molar refractivity (Wildman–Crippen MR) is 69.1 cm³/mol. The van der Waals surface area contributed by atoms with Gasteiger partial charge in [0.05, 0.1) is 0 Å². The van der Waals surface area contributed by atoms with Gasteiger partial charge in [-0.15, -0.1) is 0 Å². The lowest BCUT2D eigenvalue weighted by Crippen LogP contribution is -2.24. The number of amides is 1. The van der Waals surface area contributed by atoms with Gasteiger partial charge in [-0.1, -0.05) is 12.1 Å². The summed E-state index contributed by atoms with van der Waals surface area (Å²) in [5.74, 6) is 6.21. The van der Waals surface area contributed by atoms with E-state index in [2.05, 4.69) is 15.7 Å². The first-order valence-electron chi connectivity index (χ1n) is 5.44. The topological polar surface area (TPSA) is 89.3 Å². The van der Waals surface area contributed by atoms with Crippen LogP contribution < -0.4 is 21.3 Å². The first-order chi connectivity index (χ1) is 8.74. The number of carbonyl (C=O) groups is 1. The van der Waals surface area contributed by atoms with Gasteiger partial charge in [0.15, 0.2) is 6.61 Å². The van der Waals surface area contributed by atoms with Crippen molar-refractivity contribution in [2.45, 2.75) is 0 Å². The van der Waals surface area contributed by atoms with Gasteiger partial charge in [0.25, 0.3) is 5.91 Å². The van der Waals surface area contributed by atoms with Gasteiger partial charge in [0.1, 0.15) is 17.1 Å². The van der Waals surface area contributed by atoms with Gasteiger partial charge >= 0.3 is 0 Å². The van der Waals surface area contributed by atoms with Crippen LogP contribution in [0.5, 0.6) is 5.75 Å². The lowest BCUT2D eigenvalue weighted by Gasteiger charge is -2.09. The number of nitrogens with one attached hydrogen (secondary N) is 2. The molecule has 1 aromatic heterocycles. The second-order valence-corrected chi connectivity index (χ2v) is 3.63. The van der Waals surface area contributed by atoms with Crippen molar-refractivity contribution in [1.82, 2.24) is 10.3 Å². The molecule has 0 saturated carbocycles. The smallest absolute Gasteiger partial charge is 0.257 e. The summed E-state index contributed by atoms with van der Waals surface area (Å²) in [5.41, 5.74) is 3.14. The number of aromatic nitrogens is 1. The largest absolute Gasteiger partial charge is 0.481 e. The third-order valence-electron chi connectivity index (χ3n) is 2.47. The van der Waals surface area contributed by atoms with Crippen LogP contribution in [0, 0.1) is 0 Å². The number of para-hydroxylation sites is 1.